The third-order valence-corrected chi connectivity index (χ3v) is 2.93. The standard InChI is InChI=1S/C13H17N5O2/c1-8-11(9(2)19)7-14-13(15-8)18(4)6-5-12-16-10(3)20-17-12/h7H,5-6H2,1-4H3. The van der Waals surface area contributed by atoms with Crippen molar-refractivity contribution in [3.8, 4) is 0 Å². The van der Waals surface area contributed by atoms with Gasteiger partial charge in [-0.15, -0.1) is 0 Å². The Morgan fingerprint density at radius 3 is 2.65 bits per heavy atom. The third kappa shape index (κ3) is 3.17. The topological polar surface area (TPSA) is 85.0 Å². The van der Waals surface area contributed by atoms with Crippen LogP contribution in [0.4, 0.5) is 5.95 Å². The lowest BCUT2D eigenvalue weighted by Crippen LogP contribution is -2.23. The van der Waals surface area contributed by atoms with E-state index in [0.29, 0.717) is 41.9 Å². The van der Waals surface area contributed by atoms with Crippen LogP contribution in [-0.4, -0.2) is 39.5 Å². The molecule has 0 saturated carbocycles. The zero-order valence-electron chi connectivity index (χ0n) is 12.0. The van der Waals surface area contributed by atoms with Crippen LogP contribution in [0, 0.1) is 13.8 Å². The Morgan fingerprint density at radius 2 is 2.10 bits per heavy atom. The zero-order chi connectivity index (χ0) is 14.7. The number of hydrogen-bond donors (Lipinski definition) is 0. The van der Waals surface area contributed by atoms with E-state index in [1.165, 1.54) is 6.92 Å². The largest absolute Gasteiger partial charge is 0.343 e. The molecule has 0 N–H and O–H groups in total. The van der Waals surface area contributed by atoms with Crippen molar-refractivity contribution < 1.29 is 9.32 Å². The first-order valence-corrected chi connectivity index (χ1v) is 6.32. The molecule has 0 aromatic carbocycles. The van der Waals surface area contributed by atoms with Crippen molar-refractivity contribution in [2.45, 2.75) is 27.2 Å². The molecule has 0 fully saturated rings. The molecule has 0 spiro atoms. The van der Waals surface area contributed by atoms with Crippen molar-refractivity contribution >= 4 is 11.7 Å². The van der Waals surface area contributed by atoms with Gasteiger partial charge in [-0.2, -0.15) is 4.98 Å². The molecule has 7 heteroatoms. The summed E-state index contributed by atoms with van der Waals surface area (Å²) in [4.78, 5) is 25.9. The molecule has 0 unspecified atom stereocenters. The molecule has 2 aromatic rings. The highest BCUT2D eigenvalue weighted by Crippen LogP contribution is 2.11. The molecule has 0 aliphatic carbocycles. The summed E-state index contributed by atoms with van der Waals surface area (Å²) in [6.07, 6.45) is 2.21. The minimum Gasteiger partial charge on any atom is -0.343 e. The van der Waals surface area contributed by atoms with Gasteiger partial charge < -0.3 is 9.42 Å². The molecular formula is C13H17N5O2. The van der Waals surface area contributed by atoms with Crippen molar-refractivity contribution in [3.05, 3.63) is 29.2 Å². The number of hydrogen-bond acceptors (Lipinski definition) is 7. The number of carbonyl (C=O) groups is 1. The van der Waals surface area contributed by atoms with E-state index in [-0.39, 0.29) is 5.78 Å². The Hall–Kier alpha value is -2.31. The SMILES string of the molecule is CC(=O)c1cnc(N(C)CCc2noc(C)n2)nc1C. The fourth-order valence-corrected chi connectivity index (χ4v) is 1.79. The van der Waals surface area contributed by atoms with Crippen LogP contribution in [0.1, 0.15) is 34.7 Å². The second-order valence-corrected chi connectivity index (χ2v) is 4.63. The molecule has 0 atom stereocenters. The predicted molar refractivity (Wildman–Crippen MR) is 72.8 cm³/mol. The molecule has 0 aliphatic heterocycles. The lowest BCUT2D eigenvalue weighted by molar-refractivity contribution is 0.101. The van der Waals surface area contributed by atoms with Crippen LogP contribution in [0.5, 0.6) is 0 Å². The van der Waals surface area contributed by atoms with Gasteiger partial charge in [-0.1, -0.05) is 5.16 Å². The Labute approximate surface area is 117 Å². The predicted octanol–water partition coefficient (Wildman–Crippen LogP) is 1.36. The van der Waals surface area contributed by atoms with Gasteiger partial charge in [0.15, 0.2) is 11.6 Å². The maximum Gasteiger partial charge on any atom is 0.225 e. The highest BCUT2D eigenvalue weighted by Gasteiger charge is 2.11. The molecule has 2 heterocycles. The van der Waals surface area contributed by atoms with Gasteiger partial charge >= 0.3 is 0 Å². The van der Waals surface area contributed by atoms with Crippen LogP contribution in [0.2, 0.25) is 0 Å². The van der Waals surface area contributed by atoms with Gasteiger partial charge in [0.25, 0.3) is 0 Å². The van der Waals surface area contributed by atoms with Gasteiger partial charge in [-0.3, -0.25) is 4.79 Å². The molecule has 0 bridgehead atoms. The summed E-state index contributed by atoms with van der Waals surface area (Å²) in [5.41, 5.74) is 1.24. The summed E-state index contributed by atoms with van der Waals surface area (Å²) in [6.45, 7) is 5.73. The smallest absolute Gasteiger partial charge is 0.225 e. The highest BCUT2D eigenvalue weighted by molar-refractivity contribution is 5.94. The van der Waals surface area contributed by atoms with E-state index in [1.54, 1.807) is 20.0 Å². The second-order valence-electron chi connectivity index (χ2n) is 4.63. The normalized spacial score (nSPS) is 10.6. The lowest BCUT2D eigenvalue weighted by atomic mass is 10.2. The first-order valence-electron chi connectivity index (χ1n) is 6.32. The fourth-order valence-electron chi connectivity index (χ4n) is 1.79. The molecule has 7 nitrogen and oxygen atoms in total. The number of anilines is 1. The van der Waals surface area contributed by atoms with Gasteiger partial charge in [0.05, 0.1) is 11.3 Å². The Morgan fingerprint density at radius 1 is 1.35 bits per heavy atom. The van der Waals surface area contributed by atoms with E-state index in [2.05, 4.69) is 20.1 Å². The number of likely N-dealkylation sites (N-methyl/N-ethyl adjacent to an activating group) is 1. The average molecular weight is 275 g/mol. The van der Waals surface area contributed by atoms with Crippen molar-refractivity contribution in [1.29, 1.82) is 0 Å². The summed E-state index contributed by atoms with van der Waals surface area (Å²) in [5, 5.41) is 3.84. The van der Waals surface area contributed by atoms with Gasteiger partial charge in [0, 0.05) is 33.1 Å². The van der Waals surface area contributed by atoms with E-state index < -0.39 is 0 Å². The van der Waals surface area contributed by atoms with Crippen LogP contribution in [0.3, 0.4) is 0 Å². The zero-order valence-corrected chi connectivity index (χ0v) is 12.0. The summed E-state index contributed by atoms with van der Waals surface area (Å²) in [6, 6.07) is 0. The number of aryl methyl sites for hydroxylation is 2. The molecular weight excluding hydrogens is 258 g/mol. The van der Waals surface area contributed by atoms with E-state index in [1.807, 2.05) is 11.9 Å². The van der Waals surface area contributed by atoms with Crippen molar-refractivity contribution in [1.82, 2.24) is 20.1 Å². The van der Waals surface area contributed by atoms with E-state index in [0.717, 1.165) is 0 Å². The number of rotatable bonds is 5. The van der Waals surface area contributed by atoms with E-state index in [9.17, 15) is 4.79 Å². The molecule has 0 amide bonds. The maximum absolute atomic E-state index is 11.3. The van der Waals surface area contributed by atoms with Crippen LogP contribution in [-0.2, 0) is 6.42 Å². The third-order valence-electron chi connectivity index (χ3n) is 2.93. The van der Waals surface area contributed by atoms with Gasteiger partial charge in [0.2, 0.25) is 11.8 Å². The average Bonchev–Trinajstić information content (AvgIpc) is 2.81. The number of aromatic nitrogens is 4. The van der Waals surface area contributed by atoms with Crippen molar-refractivity contribution in [3.63, 3.8) is 0 Å². The van der Waals surface area contributed by atoms with Gasteiger partial charge in [0.1, 0.15) is 0 Å². The summed E-state index contributed by atoms with van der Waals surface area (Å²) in [5.74, 6) is 1.76. The number of ketones is 1. The minimum atomic E-state index is -0.0287. The Kier molecular flexibility index (Phi) is 4.07. The summed E-state index contributed by atoms with van der Waals surface area (Å²) in [7, 11) is 1.88. The maximum atomic E-state index is 11.3. The monoisotopic (exact) mass is 275 g/mol. The summed E-state index contributed by atoms with van der Waals surface area (Å²) >= 11 is 0. The molecule has 106 valence electrons. The van der Waals surface area contributed by atoms with Crippen LogP contribution in [0.15, 0.2) is 10.7 Å². The van der Waals surface area contributed by atoms with Crippen LogP contribution < -0.4 is 4.90 Å². The molecule has 0 aliphatic rings. The first-order chi connectivity index (χ1) is 9.47. The van der Waals surface area contributed by atoms with Gasteiger partial charge in [-0.25, -0.2) is 9.97 Å². The lowest BCUT2D eigenvalue weighted by Gasteiger charge is -2.16. The molecule has 0 radical (unpaired) electrons. The number of nitrogens with zero attached hydrogens (tertiary/aromatic N) is 5. The van der Waals surface area contributed by atoms with Gasteiger partial charge in [-0.05, 0) is 13.8 Å². The van der Waals surface area contributed by atoms with Crippen molar-refractivity contribution in [2.75, 3.05) is 18.5 Å². The van der Waals surface area contributed by atoms with Crippen LogP contribution in [0.25, 0.3) is 0 Å². The quantitative estimate of drug-likeness (QED) is 0.761. The van der Waals surface area contributed by atoms with Crippen molar-refractivity contribution in [2.24, 2.45) is 0 Å². The number of carbonyl (C=O) groups excluding carboxylic acids is 1. The fraction of sp³-hybridized carbons (Fsp3) is 0.462. The second kappa shape index (κ2) is 5.77. The summed E-state index contributed by atoms with van der Waals surface area (Å²) < 4.78 is 4.92. The van der Waals surface area contributed by atoms with Crippen LogP contribution >= 0.6 is 0 Å². The molecule has 20 heavy (non-hydrogen) atoms. The van der Waals surface area contributed by atoms with E-state index in [4.69, 9.17) is 4.52 Å². The minimum absolute atomic E-state index is 0.0287. The highest BCUT2D eigenvalue weighted by atomic mass is 16.5. The van der Waals surface area contributed by atoms with E-state index >= 15 is 0 Å². The molecule has 2 rings (SSSR count). The Bertz CT molecular complexity index is 623. The number of Topliss-reactive ketones (excluding diaryl/α,β-unsaturated/α-hetero) is 1. The molecule has 0 saturated heterocycles. The molecule has 2 aromatic heterocycles. The first kappa shape index (κ1) is 14.1. The Balaban J connectivity index is 2.03.